The highest BCUT2D eigenvalue weighted by Gasteiger charge is 2.18. The van der Waals surface area contributed by atoms with E-state index < -0.39 is 4.92 Å². The van der Waals surface area contributed by atoms with Gasteiger partial charge in [-0.15, -0.1) is 10.2 Å². The molecule has 0 radical (unpaired) electrons. The van der Waals surface area contributed by atoms with Gasteiger partial charge in [0, 0.05) is 24.9 Å². The van der Waals surface area contributed by atoms with E-state index >= 15 is 0 Å². The van der Waals surface area contributed by atoms with Gasteiger partial charge < -0.3 is 14.6 Å². The fraction of sp³-hybridized carbons (Fsp3) is 0.211. The van der Waals surface area contributed by atoms with Crippen LogP contribution in [0.25, 0.3) is 0 Å². The van der Waals surface area contributed by atoms with Crippen molar-refractivity contribution in [2.45, 2.75) is 18.2 Å². The van der Waals surface area contributed by atoms with Crippen LogP contribution in [0.3, 0.4) is 0 Å². The third-order valence-electron chi connectivity index (χ3n) is 3.98. The van der Waals surface area contributed by atoms with Gasteiger partial charge in [0.05, 0.1) is 10.7 Å². The molecule has 0 aliphatic carbocycles. The van der Waals surface area contributed by atoms with E-state index in [1.165, 1.54) is 36.0 Å². The zero-order valence-electron chi connectivity index (χ0n) is 15.8. The van der Waals surface area contributed by atoms with Crippen LogP contribution in [0, 0.1) is 10.1 Å². The van der Waals surface area contributed by atoms with Crippen molar-refractivity contribution in [2.75, 3.05) is 11.1 Å². The minimum atomic E-state index is -0.490. The topological polar surface area (TPSA) is 112 Å². The first-order valence-electron chi connectivity index (χ1n) is 8.72. The lowest BCUT2D eigenvalue weighted by Crippen LogP contribution is -2.14. The average molecular weight is 413 g/mol. The highest BCUT2D eigenvalue weighted by atomic mass is 32.2. The predicted molar refractivity (Wildman–Crippen MR) is 109 cm³/mol. The van der Waals surface area contributed by atoms with Gasteiger partial charge in [-0.3, -0.25) is 14.9 Å². The van der Waals surface area contributed by atoms with Crippen molar-refractivity contribution in [1.29, 1.82) is 0 Å². The molecule has 1 aromatic heterocycles. The van der Waals surface area contributed by atoms with Crippen LogP contribution >= 0.6 is 11.8 Å². The Morgan fingerprint density at radius 3 is 2.55 bits per heavy atom. The lowest BCUT2D eigenvalue weighted by atomic mass is 10.3. The monoisotopic (exact) mass is 413 g/mol. The first kappa shape index (κ1) is 20.3. The van der Waals surface area contributed by atoms with E-state index in [2.05, 4.69) is 15.5 Å². The number of aromatic nitrogens is 3. The zero-order chi connectivity index (χ0) is 20.8. The molecule has 2 aromatic carbocycles. The summed E-state index contributed by atoms with van der Waals surface area (Å²) >= 11 is 1.24. The molecule has 1 amide bonds. The standard InChI is InChI=1S/C19H19N5O4S/c1-13(28-16-6-4-3-5-7-16)18-21-22-19(23(18)2)29-12-17(25)20-14-8-10-15(11-9-14)24(26)27/h3-11,13H,12H2,1-2H3,(H,20,25)/t13-/m0/s1. The van der Waals surface area contributed by atoms with Gasteiger partial charge in [-0.1, -0.05) is 30.0 Å². The second kappa shape index (κ2) is 9.20. The molecule has 0 saturated heterocycles. The van der Waals surface area contributed by atoms with Crippen LogP contribution in [-0.2, 0) is 11.8 Å². The highest BCUT2D eigenvalue weighted by Crippen LogP contribution is 2.23. The number of nitro benzene ring substituents is 1. The van der Waals surface area contributed by atoms with Crippen LogP contribution < -0.4 is 10.1 Å². The molecule has 150 valence electrons. The predicted octanol–water partition coefficient (Wildman–Crippen LogP) is 3.59. The van der Waals surface area contributed by atoms with Gasteiger partial charge in [0.2, 0.25) is 5.91 Å². The Morgan fingerprint density at radius 1 is 1.21 bits per heavy atom. The molecule has 0 bridgehead atoms. The molecule has 9 nitrogen and oxygen atoms in total. The maximum atomic E-state index is 12.1. The number of thioether (sulfide) groups is 1. The molecular weight excluding hydrogens is 394 g/mol. The number of benzene rings is 2. The number of carbonyl (C=O) groups excluding carboxylic acids is 1. The van der Waals surface area contributed by atoms with E-state index in [-0.39, 0.29) is 23.5 Å². The van der Waals surface area contributed by atoms with Crippen molar-refractivity contribution in [1.82, 2.24) is 14.8 Å². The van der Waals surface area contributed by atoms with Crippen molar-refractivity contribution in [3.05, 3.63) is 70.5 Å². The Morgan fingerprint density at radius 2 is 1.90 bits per heavy atom. The van der Waals surface area contributed by atoms with Gasteiger partial charge in [-0.2, -0.15) is 0 Å². The third kappa shape index (κ3) is 5.32. The molecule has 0 aliphatic rings. The van der Waals surface area contributed by atoms with Gasteiger partial charge in [-0.05, 0) is 31.2 Å². The SMILES string of the molecule is C[C@H](Oc1ccccc1)c1nnc(SCC(=O)Nc2ccc([N+](=O)[O-])cc2)n1C. The summed E-state index contributed by atoms with van der Waals surface area (Å²) in [7, 11) is 1.82. The zero-order valence-corrected chi connectivity index (χ0v) is 16.6. The summed E-state index contributed by atoms with van der Waals surface area (Å²) in [6.07, 6.45) is -0.307. The smallest absolute Gasteiger partial charge is 0.269 e. The van der Waals surface area contributed by atoms with Gasteiger partial charge in [-0.25, -0.2) is 0 Å². The summed E-state index contributed by atoms with van der Waals surface area (Å²) in [6.45, 7) is 1.88. The minimum absolute atomic E-state index is 0.0316. The third-order valence-corrected chi connectivity index (χ3v) is 5.00. The van der Waals surface area contributed by atoms with Crippen LogP contribution in [0.5, 0.6) is 5.75 Å². The molecule has 1 heterocycles. The Kier molecular flexibility index (Phi) is 6.45. The molecule has 0 unspecified atom stereocenters. The number of amides is 1. The maximum Gasteiger partial charge on any atom is 0.269 e. The molecule has 29 heavy (non-hydrogen) atoms. The maximum absolute atomic E-state index is 12.1. The summed E-state index contributed by atoms with van der Waals surface area (Å²) in [6, 6.07) is 15.1. The molecule has 0 aliphatic heterocycles. The number of carbonyl (C=O) groups is 1. The Bertz CT molecular complexity index is 992. The summed E-state index contributed by atoms with van der Waals surface area (Å²) < 4.78 is 7.65. The first-order chi connectivity index (χ1) is 13.9. The van der Waals surface area contributed by atoms with E-state index in [1.54, 1.807) is 4.57 Å². The second-order valence-electron chi connectivity index (χ2n) is 6.11. The molecule has 10 heteroatoms. The molecule has 0 spiro atoms. The quantitative estimate of drug-likeness (QED) is 0.341. The van der Waals surface area contributed by atoms with Crippen LogP contribution in [0.4, 0.5) is 11.4 Å². The van der Waals surface area contributed by atoms with Crippen LogP contribution in [0.1, 0.15) is 18.9 Å². The first-order valence-corrected chi connectivity index (χ1v) is 9.70. The van der Waals surface area contributed by atoms with Gasteiger partial charge in [0.1, 0.15) is 5.75 Å². The number of para-hydroxylation sites is 1. The Balaban J connectivity index is 1.55. The summed E-state index contributed by atoms with van der Waals surface area (Å²) in [5, 5.41) is 22.3. The van der Waals surface area contributed by atoms with E-state index in [4.69, 9.17) is 4.74 Å². The largest absolute Gasteiger partial charge is 0.483 e. The molecular formula is C19H19N5O4S. The van der Waals surface area contributed by atoms with Crippen molar-refractivity contribution in [3.8, 4) is 5.75 Å². The Labute approximate surface area is 171 Å². The molecule has 3 rings (SSSR count). The van der Waals surface area contributed by atoms with Crippen LogP contribution in [0.15, 0.2) is 59.8 Å². The fourth-order valence-corrected chi connectivity index (χ4v) is 3.27. The number of nitrogens with zero attached hydrogens (tertiary/aromatic N) is 4. The molecule has 1 atom stereocenters. The Hall–Kier alpha value is -3.40. The van der Waals surface area contributed by atoms with Gasteiger partial charge in [0.25, 0.3) is 5.69 Å². The number of anilines is 1. The number of hydrogen-bond donors (Lipinski definition) is 1. The number of non-ortho nitro benzene ring substituents is 1. The summed E-state index contributed by atoms with van der Waals surface area (Å²) in [4.78, 5) is 22.3. The normalized spacial score (nSPS) is 11.7. The van der Waals surface area contributed by atoms with Crippen molar-refractivity contribution in [3.63, 3.8) is 0 Å². The number of hydrogen-bond acceptors (Lipinski definition) is 7. The van der Waals surface area contributed by atoms with Crippen molar-refractivity contribution >= 4 is 29.0 Å². The lowest BCUT2D eigenvalue weighted by Gasteiger charge is -2.14. The van der Waals surface area contributed by atoms with Crippen molar-refractivity contribution in [2.24, 2.45) is 7.05 Å². The fourth-order valence-electron chi connectivity index (χ4n) is 2.56. The molecule has 0 saturated carbocycles. The average Bonchev–Trinajstić information content (AvgIpc) is 3.08. The van der Waals surface area contributed by atoms with E-state index in [0.717, 1.165) is 5.75 Å². The minimum Gasteiger partial charge on any atom is -0.483 e. The van der Waals surface area contributed by atoms with Gasteiger partial charge >= 0.3 is 0 Å². The van der Waals surface area contributed by atoms with Crippen LogP contribution in [-0.4, -0.2) is 31.3 Å². The van der Waals surface area contributed by atoms with E-state index in [9.17, 15) is 14.9 Å². The van der Waals surface area contributed by atoms with E-state index in [0.29, 0.717) is 16.7 Å². The number of ether oxygens (including phenoxy) is 1. The number of nitro groups is 1. The number of nitrogens with one attached hydrogen (secondary N) is 1. The lowest BCUT2D eigenvalue weighted by molar-refractivity contribution is -0.384. The highest BCUT2D eigenvalue weighted by molar-refractivity contribution is 7.99. The summed E-state index contributed by atoms with van der Waals surface area (Å²) in [5.74, 6) is 1.26. The van der Waals surface area contributed by atoms with Gasteiger partial charge in [0.15, 0.2) is 17.1 Å². The summed E-state index contributed by atoms with van der Waals surface area (Å²) in [5.41, 5.74) is 0.459. The number of rotatable bonds is 8. The van der Waals surface area contributed by atoms with E-state index in [1.807, 2.05) is 44.3 Å². The van der Waals surface area contributed by atoms with Crippen molar-refractivity contribution < 1.29 is 14.5 Å². The molecule has 3 aromatic rings. The second-order valence-corrected chi connectivity index (χ2v) is 7.06. The van der Waals surface area contributed by atoms with Crippen LogP contribution in [0.2, 0.25) is 0 Å². The molecule has 0 fully saturated rings. The molecule has 1 N–H and O–H groups in total.